The van der Waals surface area contributed by atoms with E-state index in [-0.39, 0.29) is 5.56 Å². The number of rotatable bonds is 8. The Bertz CT molecular complexity index is 1010. The number of halogens is 3. The Labute approximate surface area is 181 Å². The number of benzene rings is 2. The van der Waals surface area contributed by atoms with Gasteiger partial charge < -0.3 is 9.64 Å². The van der Waals surface area contributed by atoms with E-state index in [4.69, 9.17) is 16.3 Å². The largest absolute Gasteiger partial charge is 0.492 e. The second-order valence-corrected chi connectivity index (χ2v) is 7.85. The van der Waals surface area contributed by atoms with Gasteiger partial charge in [-0.15, -0.1) is 0 Å². The van der Waals surface area contributed by atoms with Crippen LogP contribution in [0.15, 0.2) is 54.7 Å². The quantitative estimate of drug-likeness (QED) is 0.374. The minimum Gasteiger partial charge on any atom is -0.492 e. The van der Waals surface area contributed by atoms with Crippen molar-refractivity contribution in [1.82, 2.24) is 9.88 Å². The maximum absolute atomic E-state index is 13.7. The van der Waals surface area contributed by atoms with E-state index in [1.807, 2.05) is 39.2 Å². The first-order valence-electron chi connectivity index (χ1n) is 9.78. The molecule has 0 saturated carbocycles. The molecule has 30 heavy (non-hydrogen) atoms. The lowest BCUT2D eigenvalue weighted by Gasteiger charge is -2.15. The first-order valence-corrected chi connectivity index (χ1v) is 10.2. The summed E-state index contributed by atoms with van der Waals surface area (Å²) in [6.07, 6.45) is -0.0544. The third-order valence-electron chi connectivity index (χ3n) is 4.75. The summed E-state index contributed by atoms with van der Waals surface area (Å²) in [4.78, 5) is 6.58. The molecule has 158 valence electrons. The number of nitrogens with zero attached hydrogens (tertiary/aromatic N) is 2. The minimum atomic E-state index is -2.57. The Morgan fingerprint density at radius 1 is 1.07 bits per heavy atom. The van der Waals surface area contributed by atoms with Crippen LogP contribution in [0.2, 0.25) is 5.02 Å². The van der Waals surface area contributed by atoms with E-state index in [0.717, 1.165) is 24.1 Å². The van der Waals surface area contributed by atoms with E-state index in [1.54, 1.807) is 30.5 Å². The Morgan fingerprint density at radius 3 is 2.60 bits per heavy atom. The highest BCUT2D eigenvalue weighted by Crippen LogP contribution is 2.38. The highest BCUT2D eigenvalue weighted by molar-refractivity contribution is 6.32. The summed E-state index contributed by atoms with van der Waals surface area (Å²) in [7, 11) is 4.02. The van der Waals surface area contributed by atoms with Crippen LogP contribution in [0, 0.1) is 6.92 Å². The molecule has 0 saturated heterocycles. The fraction of sp³-hybridized carbons (Fsp3) is 0.292. The van der Waals surface area contributed by atoms with Gasteiger partial charge in [-0.05, 0) is 51.2 Å². The van der Waals surface area contributed by atoms with Crippen LogP contribution in [-0.4, -0.2) is 37.1 Å². The van der Waals surface area contributed by atoms with Gasteiger partial charge >= 0.3 is 0 Å². The van der Waals surface area contributed by atoms with E-state index in [2.05, 4.69) is 9.88 Å². The highest BCUT2D eigenvalue weighted by atomic mass is 35.5. The van der Waals surface area contributed by atoms with Crippen LogP contribution in [0.1, 0.15) is 24.0 Å². The van der Waals surface area contributed by atoms with Crippen molar-refractivity contribution < 1.29 is 13.5 Å². The monoisotopic (exact) mass is 430 g/mol. The molecule has 0 spiro atoms. The zero-order valence-electron chi connectivity index (χ0n) is 17.3. The van der Waals surface area contributed by atoms with Gasteiger partial charge in [-0.1, -0.05) is 47.5 Å². The van der Waals surface area contributed by atoms with Gasteiger partial charge in [0.1, 0.15) is 5.75 Å². The highest BCUT2D eigenvalue weighted by Gasteiger charge is 2.18. The van der Waals surface area contributed by atoms with Gasteiger partial charge in [-0.3, -0.25) is 4.98 Å². The van der Waals surface area contributed by atoms with Crippen LogP contribution in [-0.2, 0) is 0 Å². The number of hydrogen-bond acceptors (Lipinski definition) is 3. The van der Waals surface area contributed by atoms with E-state index >= 15 is 0 Å². The van der Waals surface area contributed by atoms with Gasteiger partial charge in [0.15, 0.2) is 0 Å². The lowest BCUT2D eigenvalue weighted by molar-refractivity contribution is 0.152. The summed E-state index contributed by atoms with van der Waals surface area (Å²) < 4.78 is 33.2. The van der Waals surface area contributed by atoms with Crippen molar-refractivity contribution in [2.75, 3.05) is 27.2 Å². The molecule has 0 fully saturated rings. The summed E-state index contributed by atoms with van der Waals surface area (Å²) in [5.74, 6) is 0.558. The third-order valence-corrected chi connectivity index (χ3v) is 5.07. The molecule has 0 bridgehead atoms. The first-order chi connectivity index (χ1) is 14.4. The number of aryl methyl sites for hydroxylation is 1. The summed E-state index contributed by atoms with van der Waals surface area (Å²) >= 11 is 6.31. The predicted molar refractivity (Wildman–Crippen MR) is 118 cm³/mol. The van der Waals surface area contributed by atoms with E-state index in [0.29, 0.717) is 34.2 Å². The van der Waals surface area contributed by atoms with Crippen molar-refractivity contribution >= 4 is 11.6 Å². The average Bonchev–Trinajstić information content (AvgIpc) is 2.72. The molecule has 1 aromatic heterocycles. The Morgan fingerprint density at radius 2 is 1.87 bits per heavy atom. The fourth-order valence-electron chi connectivity index (χ4n) is 3.27. The summed E-state index contributed by atoms with van der Waals surface area (Å²) in [6, 6.07) is 13.9. The van der Waals surface area contributed by atoms with Crippen LogP contribution < -0.4 is 4.74 Å². The molecule has 3 rings (SSSR count). The standard InChI is InChI=1S/C24H25ClF2N2O/c1-16-7-9-19(24(26)27)20(14-16)18-6-4-11-28-23(18)17-8-10-21(25)22(15-17)30-13-5-12-29(2)3/h4,6-11,14-15,24H,5,12-13H2,1-3H3. The molecule has 6 heteroatoms. The van der Waals surface area contributed by atoms with Gasteiger partial charge in [0.05, 0.1) is 17.3 Å². The molecule has 0 radical (unpaired) electrons. The molecule has 3 nitrogen and oxygen atoms in total. The molecule has 0 aliphatic carbocycles. The molecule has 0 aliphatic rings. The zero-order valence-corrected chi connectivity index (χ0v) is 18.1. The molecule has 0 aliphatic heterocycles. The Kier molecular flexibility index (Phi) is 7.40. The van der Waals surface area contributed by atoms with Crippen LogP contribution in [0.25, 0.3) is 22.4 Å². The van der Waals surface area contributed by atoms with E-state index in [1.165, 1.54) is 6.07 Å². The predicted octanol–water partition coefficient (Wildman–Crippen LogP) is 6.65. The Hall–Kier alpha value is -2.50. The van der Waals surface area contributed by atoms with Crippen LogP contribution in [0.4, 0.5) is 8.78 Å². The second-order valence-electron chi connectivity index (χ2n) is 7.44. The average molecular weight is 431 g/mol. The fourth-order valence-corrected chi connectivity index (χ4v) is 3.44. The van der Waals surface area contributed by atoms with Crippen LogP contribution in [0.5, 0.6) is 5.75 Å². The normalized spacial score (nSPS) is 11.3. The summed E-state index contributed by atoms with van der Waals surface area (Å²) in [6.45, 7) is 3.33. The second kappa shape index (κ2) is 10.0. The van der Waals surface area contributed by atoms with Gasteiger partial charge in [0.25, 0.3) is 6.43 Å². The smallest absolute Gasteiger partial charge is 0.264 e. The van der Waals surface area contributed by atoms with E-state index in [9.17, 15) is 8.78 Å². The van der Waals surface area contributed by atoms with Gasteiger partial charge in [-0.2, -0.15) is 0 Å². The first kappa shape index (κ1) is 22.2. The van der Waals surface area contributed by atoms with Gasteiger partial charge in [0, 0.05) is 29.4 Å². The maximum Gasteiger partial charge on any atom is 0.264 e. The lowest BCUT2D eigenvalue weighted by atomic mass is 9.94. The molecule has 1 heterocycles. The van der Waals surface area contributed by atoms with Crippen molar-refractivity contribution in [3.63, 3.8) is 0 Å². The van der Waals surface area contributed by atoms with Crippen LogP contribution in [0.3, 0.4) is 0 Å². The molecular formula is C24H25ClF2N2O. The van der Waals surface area contributed by atoms with Gasteiger partial charge in [-0.25, -0.2) is 8.78 Å². The Balaban J connectivity index is 1.99. The zero-order chi connectivity index (χ0) is 21.7. The molecule has 0 unspecified atom stereocenters. The topological polar surface area (TPSA) is 25.4 Å². The van der Waals surface area contributed by atoms with Crippen molar-refractivity contribution in [1.29, 1.82) is 0 Å². The van der Waals surface area contributed by atoms with Crippen molar-refractivity contribution in [3.05, 3.63) is 70.9 Å². The SMILES string of the molecule is Cc1ccc(C(F)F)c(-c2cccnc2-c2ccc(Cl)c(OCCCN(C)C)c2)c1. The van der Waals surface area contributed by atoms with Crippen molar-refractivity contribution in [2.45, 2.75) is 19.8 Å². The number of ether oxygens (including phenoxy) is 1. The summed E-state index contributed by atoms with van der Waals surface area (Å²) in [5.41, 5.74) is 3.40. The maximum atomic E-state index is 13.7. The number of alkyl halides is 2. The van der Waals surface area contributed by atoms with Gasteiger partial charge in [0.2, 0.25) is 0 Å². The van der Waals surface area contributed by atoms with Crippen molar-refractivity contribution in [2.24, 2.45) is 0 Å². The lowest BCUT2D eigenvalue weighted by Crippen LogP contribution is -2.15. The van der Waals surface area contributed by atoms with E-state index < -0.39 is 6.43 Å². The van der Waals surface area contributed by atoms with Crippen molar-refractivity contribution in [3.8, 4) is 28.1 Å². The van der Waals surface area contributed by atoms with Crippen LogP contribution >= 0.6 is 11.6 Å². The molecular weight excluding hydrogens is 406 g/mol. The molecule has 2 aromatic carbocycles. The molecule has 0 amide bonds. The molecule has 0 N–H and O–H groups in total. The molecule has 3 aromatic rings. The number of hydrogen-bond donors (Lipinski definition) is 0. The molecule has 0 atom stereocenters. The third kappa shape index (κ3) is 5.35. The summed E-state index contributed by atoms with van der Waals surface area (Å²) in [5, 5.41) is 0.505. The minimum absolute atomic E-state index is 0.0102. The number of pyridine rings is 1. The number of aromatic nitrogens is 1.